The molecule has 2 heterocycles. The lowest BCUT2D eigenvalue weighted by atomic mass is 10.0. The molecule has 0 aromatic heterocycles. The Hall–Kier alpha value is -1.55. The zero-order valence-corrected chi connectivity index (χ0v) is 11.0. The normalized spacial score (nSPS) is 28.9. The molecule has 2 unspecified atom stereocenters. The third-order valence-corrected chi connectivity index (χ3v) is 4.01. The topological polar surface area (TPSA) is 50.4 Å². The van der Waals surface area contributed by atoms with Crippen LogP contribution in [0.2, 0.25) is 0 Å². The number of nitrogens with one attached hydrogen (secondary N) is 2. The molecule has 2 saturated heterocycles. The van der Waals surface area contributed by atoms with Crippen LogP contribution in [-0.2, 0) is 11.3 Å². The number of rotatable bonds is 3. The van der Waals surface area contributed by atoms with Crippen molar-refractivity contribution in [3.63, 3.8) is 0 Å². The number of piperidine rings is 1. The zero-order chi connectivity index (χ0) is 13.1. The summed E-state index contributed by atoms with van der Waals surface area (Å²) in [5, 5.41) is 6.55. The molecule has 2 fully saturated rings. The molecule has 1 aromatic rings. The van der Waals surface area contributed by atoms with Gasteiger partial charge in [0.05, 0.1) is 0 Å². The van der Waals surface area contributed by atoms with Crippen molar-refractivity contribution in [3.05, 3.63) is 35.9 Å². The van der Waals surface area contributed by atoms with E-state index in [4.69, 9.17) is 4.74 Å². The minimum Gasteiger partial charge on any atom is -0.445 e. The highest BCUT2D eigenvalue weighted by Crippen LogP contribution is 2.26. The van der Waals surface area contributed by atoms with Gasteiger partial charge in [0.15, 0.2) is 0 Å². The van der Waals surface area contributed by atoms with Gasteiger partial charge in [-0.3, -0.25) is 0 Å². The van der Waals surface area contributed by atoms with Crippen LogP contribution in [0.4, 0.5) is 4.79 Å². The van der Waals surface area contributed by atoms with Crippen molar-refractivity contribution < 1.29 is 9.53 Å². The number of carbonyl (C=O) groups excluding carboxylic acids is 1. The highest BCUT2D eigenvalue weighted by atomic mass is 16.5. The third-order valence-electron chi connectivity index (χ3n) is 4.01. The molecule has 2 bridgehead atoms. The van der Waals surface area contributed by atoms with Crippen LogP contribution in [0.3, 0.4) is 0 Å². The van der Waals surface area contributed by atoms with E-state index in [-0.39, 0.29) is 12.1 Å². The number of benzene rings is 1. The number of fused-ring (bicyclic) bond motifs is 2. The van der Waals surface area contributed by atoms with Crippen molar-refractivity contribution in [2.75, 3.05) is 0 Å². The SMILES string of the molecule is O=C(NC1CC2CC[C@H](C1)N2)OCc1ccccc1. The molecular weight excluding hydrogens is 240 g/mol. The summed E-state index contributed by atoms with van der Waals surface area (Å²) in [4.78, 5) is 11.8. The minimum atomic E-state index is -0.296. The summed E-state index contributed by atoms with van der Waals surface area (Å²) < 4.78 is 5.25. The summed E-state index contributed by atoms with van der Waals surface area (Å²) in [7, 11) is 0. The van der Waals surface area contributed by atoms with Crippen molar-refractivity contribution in [2.24, 2.45) is 0 Å². The second kappa shape index (κ2) is 5.61. The van der Waals surface area contributed by atoms with Crippen molar-refractivity contribution in [1.29, 1.82) is 0 Å². The van der Waals surface area contributed by atoms with Crippen LogP contribution < -0.4 is 10.6 Å². The van der Waals surface area contributed by atoms with Gasteiger partial charge in [-0.15, -0.1) is 0 Å². The van der Waals surface area contributed by atoms with Gasteiger partial charge in [-0.05, 0) is 31.2 Å². The summed E-state index contributed by atoms with van der Waals surface area (Å²) in [5.41, 5.74) is 1.02. The largest absolute Gasteiger partial charge is 0.445 e. The minimum absolute atomic E-state index is 0.266. The Kier molecular flexibility index (Phi) is 3.69. The zero-order valence-electron chi connectivity index (χ0n) is 11.0. The van der Waals surface area contributed by atoms with E-state index in [0.29, 0.717) is 18.7 Å². The Morgan fingerprint density at radius 3 is 2.58 bits per heavy atom. The van der Waals surface area contributed by atoms with E-state index in [0.717, 1.165) is 18.4 Å². The Morgan fingerprint density at radius 2 is 1.89 bits per heavy atom. The molecule has 3 rings (SSSR count). The fourth-order valence-electron chi connectivity index (χ4n) is 3.11. The molecular formula is C15H20N2O2. The van der Waals surface area contributed by atoms with Gasteiger partial charge in [-0.1, -0.05) is 30.3 Å². The van der Waals surface area contributed by atoms with E-state index in [1.165, 1.54) is 12.8 Å². The molecule has 2 N–H and O–H groups in total. The van der Waals surface area contributed by atoms with Crippen LogP contribution in [-0.4, -0.2) is 24.2 Å². The first-order valence-corrected chi connectivity index (χ1v) is 7.03. The number of hydrogen-bond donors (Lipinski definition) is 2. The van der Waals surface area contributed by atoms with Gasteiger partial charge in [0.25, 0.3) is 0 Å². The molecule has 19 heavy (non-hydrogen) atoms. The maximum Gasteiger partial charge on any atom is 0.407 e. The molecule has 0 spiro atoms. The highest BCUT2D eigenvalue weighted by molar-refractivity contribution is 5.67. The summed E-state index contributed by atoms with van der Waals surface area (Å²) in [6.45, 7) is 0.338. The van der Waals surface area contributed by atoms with Crippen LogP contribution >= 0.6 is 0 Å². The van der Waals surface area contributed by atoms with Gasteiger partial charge < -0.3 is 15.4 Å². The second-order valence-electron chi connectivity index (χ2n) is 5.51. The lowest BCUT2D eigenvalue weighted by Gasteiger charge is -2.29. The van der Waals surface area contributed by atoms with E-state index >= 15 is 0 Å². The smallest absolute Gasteiger partial charge is 0.407 e. The number of amides is 1. The average molecular weight is 260 g/mol. The Bertz CT molecular complexity index is 423. The summed E-state index contributed by atoms with van der Waals surface area (Å²) in [5.74, 6) is 0. The number of carbonyl (C=O) groups is 1. The van der Waals surface area contributed by atoms with Gasteiger partial charge in [0, 0.05) is 18.1 Å². The number of alkyl carbamates (subject to hydrolysis) is 1. The van der Waals surface area contributed by atoms with E-state index in [2.05, 4.69) is 10.6 Å². The van der Waals surface area contributed by atoms with Crippen LogP contribution in [0, 0.1) is 0 Å². The lowest BCUT2D eigenvalue weighted by molar-refractivity contribution is 0.131. The predicted molar refractivity (Wildman–Crippen MR) is 72.7 cm³/mol. The van der Waals surface area contributed by atoms with Gasteiger partial charge >= 0.3 is 6.09 Å². The standard InChI is InChI=1S/C15H20N2O2/c18-15(19-10-11-4-2-1-3-5-11)17-14-8-12-6-7-13(9-14)16-12/h1-5,12-14,16H,6-10H2,(H,17,18)/t12-,13?,14?/m1/s1. The molecule has 3 atom stereocenters. The summed E-state index contributed by atoms with van der Waals surface area (Å²) >= 11 is 0. The molecule has 1 amide bonds. The number of hydrogen-bond acceptors (Lipinski definition) is 3. The first-order valence-electron chi connectivity index (χ1n) is 7.03. The van der Waals surface area contributed by atoms with Crippen molar-refractivity contribution in [2.45, 2.75) is 50.4 Å². The first kappa shape index (κ1) is 12.5. The molecule has 0 saturated carbocycles. The lowest BCUT2D eigenvalue weighted by Crippen LogP contribution is -2.48. The molecule has 4 heteroatoms. The molecule has 2 aliphatic heterocycles. The van der Waals surface area contributed by atoms with Crippen molar-refractivity contribution in [1.82, 2.24) is 10.6 Å². The fraction of sp³-hybridized carbons (Fsp3) is 0.533. The molecule has 4 nitrogen and oxygen atoms in total. The quantitative estimate of drug-likeness (QED) is 0.876. The predicted octanol–water partition coefficient (Wildman–Crippen LogP) is 2.20. The summed E-state index contributed by atoms with van der Waals surface area (Å²) in [6, 6.07) is 11.2. The molecule has 102 valence electrons. The molecule has 0 radical (unpaired) electrons. The fourth-order valence-corrected chi connectivity index (χ4v) is 3.11. The van der Waals surface area contributed by atoms with Gasteiger partial charge in [0.1, 0.15) is 6.61 Å². The monoisotopic (exact) mass is 260 g/mol. The molecule has 1 aromatic carbocycles. The Morgan fingerprint density at radius 1 is 1.21 bits per heavy atom. The number of ether oxygens (including phenoxy) is 1. The van der Waals surface area contributed by atoms with Crippen molar-refractivity contribution in [3.8, 4) is 0 Å². The van der Waals surface area contributed by atoms with Crippen molar-refractivity contribution >= 4 is 6.09 Å². The summed E-state index contributed by atoms with van der Waals surface area (Å²) in [6.07, 6.45) is 4.23. The van der Waals surface area contributed by atoms with Crippen LogP contribution in [0.5, 0.6) is 0 Å². The molecule has 2 aliphatic rings. The Balaban J connectivity index is 1.44. The highest BCUT2D eigenvalue weighted by Gasteiger charge is 2.34. The van der Waals surface area contributed by atoms with E-state index in [1.54, 1.807) is 0 Å². The van der Waals surface area contributed by atoms with Gasteiger partial charge in [-0.2, -0.15) is 0 Å². The van der Waals surface area contributed by atoms with E-state index in [9.17, 15) is 4.79 Å². The van der Waals surface area contributed by atoms with Crippen LogP contribution in [0.1, 0.15) is 31.2 Å². The first-order chi connectivity index (χ1) is 9.29. The Labute approximate surface area is 113 Å². The van der Waals surface area contributed by atoms with E-state index < -0.39 is 0 Å². The third kappa shape index (κ3) is 3.26. The average Bonchev–Trinajstić information content (AvgIpc) is 2.77. The maximum atomic E-state index is 11.8. The van der Waals surface area contributed by atoms with Gasteiger partial charge in [-0.25, -0.2) is 4.79 Å². The van der Waals surface area contributed by atoms with Crippen LogP contribution in [0.25, 0.3) is 0 Å². The second-order valence-corrected chi connectivity index (χ2v) is 5.51. The van der Waals surface area contributed by atoms with E-state index in [1.807, 2.05) is 30.3 Å². The van der Waals surface area contributed by atoms with Crippen LogP contribution in [0.15, 0.2) is 30.3 Å². The van der Waals surface area contributed by atoms with Gasteiger partial charge in [0.2, 0.25) is 0 Å². The maximum absolute atomic E-state index is 11.8. The molecule has 0 aliphatic carbocycles.